The van der Waals surface area contributed by atoms with Crippen LogP contribution in [-0.2, 0) is 27.9 Å². The summed E-state index contributed by atoms with van der Waals surface area (Å²) in [7, 11) is -4.53. The topological polar surface area (TPSA) is 132 Å². The molecule has 0 saturated carbocycles. The molecule has 0 spiro atoms. The summed E-state index contributed by atoms with van der Waals surface area (Å²) in [4.78, 5) is 22.7. The van der Waals surface area contributed by atoms with E-state index in [4.69, 9.17) is 23.6 Å². The van der Waals surface area contributed by atoms with E-state index in [1.807, 2.05) is 0 Å². The third-order valence-electron chi connectivity index (χ3n) is 10.4. The van der Waals surface area contributed by atoms with Gasteiger partial charge in [0.1, 0.15) is 12.2 Å². The van der Waals surface area contributed by atoms with Gasteiger partial charge in [-0.25, -0.2) is 4.57 Å². The number of esters is 1. The Bertz CT molecular complexity index is 1190. The molecule has 0 aromatic rings. The summed E-state index contributed by atoms with van der Waals surface area (Å²) in [5.41, 5.74) is 0. The van der Waals surface area contributed by atoms with E-state index in [1.54, 1.807) is 0 Å². The second-order valence-corrected chi connectivity index (χ2v) is 17.9. The second-order valence-electron chi connectivity index (χ2n) is 16.4. The lowest BCUT2D eigenvalue weighted by Gasteiger charge is -2.20. The molecule has 62 heavy (non-hydrogen) atoms. The third kappa shape index (κ3) is 47.4. The lowest BCUT2D eigenvalue weighted by atomic mass is 10.1. The van der Waals surface area contributed by atoms with Crippen LogP contribution < -0.4 is 0 Å². The number of unbranched alkanes of at least 4 members (excludes halogenated alkanes) is 21. The van der Waals surface area contributed by atoms with Gasteiger partial charge in [-0.1, -0.05) is 189 Å². The molecule has 10 heteroatoms. The van der Waals surface area contributed by atoms with Gasteiger partial charge < -0.3 is 24.6 Å². The Hall–Kier alpha value is -2.10. The number of phosphoric acid groups is 1. The van der Waals surface area contributed by atoms with E-state index >= 15 is 0 Å². The molecular weight excluding hydrogens is 800 g/mol. The predicted molar refractivity (Wildman–Crippen MR) is 260 cm³/mol. The first-order valence-corrected chi connectivity index (χ1v) is 26.4. The molecule has 3 unspecified atom stereocenters. The van der Waals surface area contributed by atoms with Gasteiger partial charge >= 0.3 is 13.8 Å². The van der Waals surface area contributed by atoms with Crippen molar-refractivity contribution in [3.05, 3.63) is 72.9 Å². The Kier molecular flexibility index (Phi) is 46.7. The summed E-state index contributed by atoms with van der Waals surface area (Å²) in [5.74, 6) is -0.393. The fourth-order valence-corrected chi connectivity index (χ4v) is 7.40. The molecule has 3 N–H and O–H groups in total. The highest BCUT2D eigenvalue weighted by molar-refractivity contribution is 7.47. The maximum absolute atomic E-state index is 12.7. The fraction of sp³-hybridized carbons (Fsp3) is 0.750. The Balaban J connectivity index is 4.09. The first-order chi connectivity index (χ1) is 30.3. The number of hydrogen-bond donors (Lipinski definition) is 3. The van der Waals surface area contributed by atoms with Crippen molar-refractivity contribution in [3.63, 3.8) is 0 Å². The lowest BCUT2D eigenvalue weighted by molar-refractivity contribution is -0.154. The van der Waals surface area contributed by atoms with Crippen LogP contribution in [0, 0.1) is 0 Å². The largest absolute Gasteiger partial charge is 0.472 e. The Morgan fingerprint density at radius 2 is 0.919 bits per heavy atom. The Labute approximate surface area is 380 Å². The van der Waals surface area contributed by atoms with Gasteiger partial charge in [0.15, 0.2) is 0 Å². The van der Waals surface area contributed by atoms with Crippen molar-refractivity contribution in [2.24, 2.45) is 0 Å². The van der Waals surface area contributed by atoms with Crippen LogP contribution in [-0.4, -0.2) is 66.3 Å². The quantitative estimate of drug-likeness (QED) is 0.0236. The minimum absolute atomic E-state index is 0.0411. The maximum Gasteiger partial charge on any atom is 0.472 e. The second kappa shape index (κ2) is 48.4. The van der Waals surface area contributed by atoms with Crippen LogP contribution in [0.3, 0.4) is 0 Å². The van der Waals surface area contributed by atoms with Crippen molar-refractivity contribution in [2.75, 3.05) is 33.0 Å². The van der Waals surface area contributed by atoms with E-state index in [-0.39, 0.29) is 19.6 Å². The molecule has 0 aromatic carbocycles. The van der Waals surface area contributed by atoms with E-state index in [0.717, 1.165) is 83.5 Å². The number of phosphoric ester groups is 1. The van der Waals surface area contributed by atoms with Gasteiger partial charge in [0, 0.05) is 13.0 Å². The first-order valence-electron chi connectivity index (χ1n) is 24.9. The highest BCUT2D eigenvalue weighted by Crippen LogP contribution is 2.43. The number of hydrogen-bond acceptors (Lipinski definition) is 8. The summed E-state index contributed by atoms with van der Waals surface area (Å²) < 4.78 is 33.5. The zero-order chi connectivity index (χ0) is 45.3. The Morgan fingerprint density at radius 1 is 0.516 bits per heavy atom. The summed E-state index contributed by atoms with van der Waals surface area (Å²) >= 11 is 0. The molecule has 0 rings (SSSR count). The minimum atomic E-state index is -4.53. The number of allylic oxidation sites excluding steroid dienone is 12. The van der Waals surface area contributed by atoms with Crippen LogP contribution in [0.2, 0.25) is 0 Å². The van der Waals surface area contributed by atoms with Gasteiger partial charge in [-0.2, -0.15) is 0 Å². The summed E-state index contributed by atoms with van der Waals surface area (Å²) in [5, 5.41) is 18.4. The Morgan fingerprint density at radius 3 is 1.39 bits per heavy atom. The summed E-state index contributed by atoms with van der Waals surface area (Å²) in [6, 6.07) is 0. The van der Waals surface area contributed by atoms with Crippen molar-refractivity contribution >= 4 is 13.8 Å². The van der Waals surface area contributed by atoms with Crippen LogP contribution in [0.5, 0.6) is 0 Å². The van der Waals surface area contributed by atoms with E-state index in [2.05, 4.69) is 86.8 Å². The van der Waals surface area contributed by atoms with Crippen molar-refractivity contribution in [1.29, 1.82) is 0 Å². The molecule has 0 radical (unpaired) electrons. The van der Waals surface area contributed by atoms with Crippen molar-refractivity contribution < 1.29 is 43.0 Å². The number of aliphatic hydroxyl groups excluding tert-OH is 2. The summed E-state index contributed by atoms with van der Waals surface area (Å²) in [6.07, 6.45) is 58.6. The molecule has 0 saturated heterocycles. The van der Waals surface area contributed by atoms with Crippen LogP contribution in [0.25, 0.3) is 0 Å². The van der Waals surface area contributed by atoms with Crippen LogP contribution >= 0.6 is 7.82 Å². The van der Waals surface area contributed by atoms with Crippen molar-refractivity contribution in [2.45, 2.75) is 219 Å². The number of ether oxygens (including phenoxy) is 2. The van der Waals surface area contributed by atoms with E-state index < -0.39 is 39.2 Å². The van der Waals surface area contributed by atoms with Crippen LogP contribution in [0.15, 0.2) is 72.9 Å². The van der Waals surface area contributed by atoms with Gasteiger partial charge in [0.05, 0.1) is 26.4 Å². The maximum atomic E-state index is 12.7. The normalized spacial score (nSPS) is 14.5. The molecule has 0 aliphatic heterocycles. The molecule has 9 nitrogen and oxygen atoms in total. The van der Waals surface area contributed by atoms with E-state index in [9.17, 15) is 19.4 Å². The smallest absolute Gasteiger partial charge is 0.457 e. The molecule has 0 amide bonds. The van der Waals surface area contributed by atoms with Gasteiger partial charge in [0.2, 0.25) is 0 Å². The highest BCUT2D eigenvalue weighted by Gasteiger charge is 2.26. The number of aliphatic hydroxyl groups is 2. The predicted octanol–water partition coefficient (Wildman–Crippen LogP) is 14.5. The molecule has 0 fully saturated rings. The molecule has 0 aliphatic carbocycles. The minimum Gasteiger partial charge on any atom is -0.457 e. The number of rotatable bonds is 47. The zero-order valence-electron chi connectivity index (χ0n) is 39.6. The fourth-order valence-electron chi connectivity index (χ4n) is 6.61. The molecule has 360 valence electrons. The van der Waals surface area contributed by atoms with Gasteiger partial charge in [0.25, 0.3) is 0 Å². The van der Waals surface area contributed by atoms with E-state index in [0.29, 0.717) is 6.61 Å². The molecule has 0 heterocycles. The average Bonchev–Trinajstić information content (AvgIpc) is 3.26. The van der Waals surface area contributed by atoms with Gasteiger partial charge in [-0.05, 0) is 83.5 Å². The molecule has 0 aromatic heterocycles. The van der Waals surface area contributed by atoms with Gasteiger partial charge in [-0.3, -0.25) is 13.8 Å². The van der Waals surface area contributed by atoms with Crippen LogP contribution in [0.1, 0.15) is 206 Å². The highest BCUT2D eigenvalue weighted by atomic mass is 31.2. The number of carbonyl (C=O) groups is 1. The van der Waals surface area contributed by atoms with E-state index in [1.165, 1.54) is 103 Å². The molecule has 0 aliphatic rings. The SMILES string of the molecule is CC/C=C\C/C=C\C/C=C\C/C=C\CCCCCCCCCCCCCOCC(COP(=O)(O)OCC(O)CO)OC(=O)CCCCCCCCC/C=C\C/C=C\CCCCC. The third-order valence-corrected chi connectivity index (χ3v) is 11.3. The average molecular weight is 893 g/mol. The number of carbonyl (C=O) groups excluding carboxylic acids is 1. The molecular formula is C52H93O9P. The zero-order valence-corrected chi connectivity index (χ0v) is 40.5. The monoisotopic (exact) mass is 893 g/mol. The molecule has 0 bridgehead atoms. The van der Waals surface area contributed by atoms with Gasteiger partial charge in [-0.15, -0.1) is 0 Å². The first kappa shape index (κ1) is 59.9. The van der Waals surface area contributed by atoms with Crippen molar-refractivity contribution in [1.82, 2.24) is 0 Å². The van der Waals surface area contributed by atoms with Crippen molar-refractivity contribution in [3.8, 4) is 0 Å². The van der Waals surface area contributed by atoms with Crippen LogP contribution in [0.4, 0.5) is 0 Å². The standard InChI is InChI=1S/C52H93O9P/c1-3-5-7-9-11-13-15-17-19-21-22-23-24-25-26-27-29-31-33-35-37-39-41-43-45-58-48-51(49-60-62(56,57)59-47-50(54)46-53)61-52(55)44-42-40-38-36-34-32-30-28-20-18-16-14-12-10-8-6-4-2/h5,7,11-14,17-20,22-23,50-51,53-54H,3-4,6,8-10,15-16,21,24-49H2,1-2H3,(H,56,57)/b7-5-,13-11-,14-12-,19-17-,20-18-,23-22-. The lowest BCUT2D eigenvalue weighted by Crippen LogP contribution is -2.29. The summed E-state index contributed by atoms with van der Waals surface area (Å²) in [6.45, 7) is 3.37. The molecule has 3 atom stereocenters.